The zero-order valence-corrected chi connectivity index (χ0v) is 13.3. The molecule has 2 heterocycles. The number of rotatable bonds is 4. The number of anilines is 1. The normalized spacial score (nSPS) is 13.1. The molecule has 1 saturated heterocycles. The molecule has 0 unspecified atom stereocenters. The van der Waals surface area contributed by atoms with Crippen LogP contribution in [-0.4, -0.2) is 40.4 Å². The fraction of sp³-hybridized carbons (Fsp3) is 0.250. The van der Waals surface area contributed by atoms with Crippen molar-refractivity contribution in [1.82, 2.24) is 14.9 Å². The number of amides is 1. The molecule has 1 aromatic carbocycles. The number of carbonyl (C=O) groups excluding carboxylic acids is 1. The van der Waals surface area contributed by atoms with Crippen molar-refractivity contribution >= 4 is 23.3 Å². The van der Waals surface area contributed by atoms with Crippen molar-refractivity contribution in [3.8, 4) is 17.3 Å². The van der Waals surface area contributed by atoms with Crippen LogP contribution in [0.3, 0.4) is 0 Å². The smallest absolute Gasteiger partial charge is 0.241 e. The predicted molar refractivity (Wildman–Crippen MR) is 86.8 cm³/mol. The molecule has 0 radical (unpaired) electrons. The zero-order valence-electron chi connectivity index (χ0n) is 12.6. The number of likely N-dealkylation sites (tertiary alicyclic amines) is 1. The highest BCUT2D eigenvalue weighted by atomic mass is 35.5. The lowest BCUT2D eigenvalue weighted by atomic mass is 10.0. The van der Waals surface area contributed by atoms with Crippen LogP contribution in [-0.2, 0) is 4.79 Å². The van der Waals surface area contributed by atoms with Crippen LogP contribution in [0.1, 0.15) is 12.0 Å². The highest BCUT2D eigenvalue weighted by molar-refractivity contribution is 6.30. The molecule has 8 heteroatoms. The Bertz CT molecular complexity index is 832. The van der Waals surface area contributed by atoms with Crippen molar-refractivity contribution in [3.05, 3.63) is 40.9 Å². The van der Waals surface area contributed by atoms with Gasteiger partial charge in [0.2, 0.25) is 5.91 Å². The van der Waals surface area contributed by atoms with Gasteiger partial charge in [0.1, 0.15) is 12.0 Å². The second-order valence-electron chi connectivity index (χ2n) is 5.27. The maximum Gasteiger partial charge on any atom is 0.241 e. The molecule has 0 spiro atoms. The SMILES string of the molecule is N#Cc1cc(Cl)ccc1-c1ncnc(NCC(=O)N2CCC2)c1F. The van der Waals surface area contributed by atoms with Crippen LogP contribution < -0.4 is 5.32 Å². The van der Waals surface area contributed by atoms with Gasteiger partial charge in [0.15, 0.2) is 11.6 Å². The van der Waals surface area contributed by atoms with Crippen LogP contribution in [0, 0.1) is 17.1 Å². The van der Waals surface area contributed by atoms with Gasteiger partial charge in [0.25, 0.3) is 0 Å². The molecule has 1 aromatic heterocycles. The van der Waals surface area contributed by atoms with E-state index in [0.29, 0.717) is 10.6 Å². The van der Waals surface area contributed by atoms with Crippen molar-refractivity contribution in [3.63, 3.8) is 0 Å². The summed E-state index contributed by atoms with van der Waals surface area (Å²) < 4.78 is 14.7. The van der Waals surface area contributed by atoms with Crippen molar-refractivity contribution < 1.29 is 9.18 Å². The molecule has 1 fully saturated rings. The van der Waals surface area contributed by atoms with Gasteiger partial charge in [-0.15, -0.1) is 0 Å². The van der Waals surface area contributed by atoms with Crippen molar-refractivity contribution in [2.45, 2.75) is 6.42 Å². The number of carbonyl (C=O) groups is 1. The van der Waals surface area contributed by atoms with Gasteiger partial charge in [0.05, 0.1) is 18.2 Å². The summed E-state index contributed by atoms with van der Waals surface area (Å²) in [7, 11) is 0. The summed E-state index contributed by atoms with van der Waals surface area (Å²) in [5.41, 5.74) is 0.513. The molecule has 0 saturated carbocycles. The second-order valence-corrected chi connectivity index (χ2v) is 5.71. The summed E-state index contributed by atoms with van der Waals surface area (Å²) in [6.07, 6.45) is 2.18. The maximum absolute atomic E-state index is 14.7. The van der Waals surface area contributed by atoms with Crippen LogP contribution in [0.15, 0.2) is 24.5 Å². The van der Waals surface area contributed by atoms with E-state index in [4.69, 9.17) is 11.6 Å². The van der Waals surface area contributed by atoms with Gasteiger partial charge in [-0.05, 0) is 24.6 Å². The molecule has 6 nitrogen and oxygen atoms in total. The highest BCUT2D eigenvalue weighted by Gasteiger charge is 2.21. The van der Waals surface area contributed by atoms with E-state index in [1.165, 1.54) is 18.5 Å². The molecule has 122 valence electrons. The first kappa shape index (κ1) is 16.1. The van der Waals surface area contributed by atoms with Gasteiger partial charge < -0.3 is 10.2 Å². The molecule has 1 aliphatic heterocycles. The Morgan fingerprint density at radius 2 is 2.21 bits per heavy atom. The largest absolute Gasteiger partial charge is 0.358 e. The van der Waals surface area contributed by atoms with E-state index < -0.39 is 5.82 Å². The lowest BCUT2D eigenvalue weighted by Gasteiger charge is -2.30. The van der Waals surface area contributed by atoms with Gasteiger partial charge in [-0.25, -0.2) is 14.4 Å². The molecule has 3 rings (SSSR count). The molecule has 1 aliphatic rings. The Morgan fingerprint density at radius 1 is 1.42 bits per heavy atom. The minimum absolute atomic E-state index is 0.0166. The molecular formula is C16H13ClFN5O. The number of aromatic nitrogens is 2. The van der Waals surface area contributed by atoms with Crippen LogP contribution >= 0.6 is 11.6 Å². The van der Waals surface area contributed by atoms with Crippen LogP contribution in [0.5, 0.6) is 0 Å². The molecule has 24 heavy (non-hydrogen) atoms. The van der Waals surface area contributed by atoms with Crippen molar-refractivity contribution in [1.29, 1.82) is 5.26 Å². The Balaban J connectivity index is 1.86. The molecular weight excluding hydrogens is 333 g/mol. The van der Waals surface area contributed by atoms with E-state index in [-0.39, 0.29) is 29.5 Å². The zero-order chi connectivity index (χ0) is 17.1. The molecule has 0 bridgehead atoms. The third-order valence-corrected chi connectivity index (χ3v) is 4.00. The average Bonchev–Trinajstić information content (AvgIpc) is 2.52. The monoisotopic (exact) mass is 345 g/mol. The highest BCUT2D eigenvalue weighted by Crippen LogP contribution is 2.28. The Hall–Kier alpha value is -2.72. The summed E-state index contributed by atoms with van der Waals surface area (Å²) in [6, 6.07) is 6.50. The van der Waals surface area contributed by atoms with Gasteiger partial charge >= 0.3 is 0 Å². The lowest BCUT2D eigenvalue weighted by molar-refractivity contribution is -0.132. The Morgan fingerprint density at radius 3 is 2.88 bits per heavy atom. The quantitative estimate of drug-likeness (QED) is 0.920. The van der Waals surface area contributed by atoms with E-state index in [0.717, 1.165) is 19.5 Å². The fourth-order valence-corrected chi connectivity index (χ4v) is 2.51. The Labute approximate surface area is 142 Å². The van der Waals surface area contributed by atoms with Gasteiger partial charge in [-0.3, -0.25) is 4.79 Å². The molecule has 0 aliphatic carbocycles. The van der Waals surface area contributed by atoms with Crippen molar-refractivity contribution in [2.24, 2.45) is 0 Å². The number of hydrogen-bond acceptors (Lipinski definition) is 5. The summed E-state index contributed by atoms with van der Waals surface area (Å²) in [4.78, 5) is 21.3. The summed E-state index contributed by atoms with van der Waals surface area (Å²) in [5, 5.41) is 12.3. The van der Waals surface area contributed by atoms with Crippen LogP contribution in [0.2, 0.25) is 5.02 Å². The van der Waals surface area contributed by atoms with Gasteiger partial charge in [-0.2, -0.15) is 5.26 Å². The summed E-state index contributed by atoms with van der Waals surface area (Å²) >= 11 is 5.86. The summed E-state index contributed by atoms with van der Waals surface area (Å²) in [6.45, 7) is 1.42. The molecule has 0 atom stereocenters. The number of nitrogens with zero attached hydrogens (tertiary/aromatic N) is 4. The first-order valence-electron chi connectivity index (χ1n) is 7.32. The molecule has 1 N–H and O–H groups in total. The number of halogens is 2. The van der Waals surface area contributed by atoms with Gasteiger partial charge in [-0.1, -0.05) is 11.6 Å². The van der Waals surface area contributed by atoms with E-state index in [1.54, 1.807) is 11.0 Å². The van der Waals surface area contributed by atoms with E-state index in [1.807, 2.05) is 6.07 Å². The topological polar surface area (TPSA) is 81.9 Å². The lowest BCUT2D eigenvalue weighted by Crippen LogP contribution is -2.44. The van der Waals surface area contributed by atoms with E-state index >= 15 is 0 Å². The third-order valence-electron chi connectivity index (χ3n) is 3.76. The summed E-state index contributed by atoms with van der Waals surface area (Å²) in [5.74, 6) is -0.898. The minimum atomic E-state index is -0.715. The maximum atomic E-state index is 14.7. The number of nitrogens with one attached hydrogen (secondary N) is 1. The number of benzene rings is 1. The Kier molecular flexibility index (Phi) is 4.58. The molecule has 2 aromatic rings. The van der Waals surface area contributed by atoms with Gasteiger partial charge in [0, 0.05) is 23.7 Å². The number of nitriles is 1. The predicted octanol–water partition coefficient (Wildman–Crippen LogP) is 2.45. The average molecular weight is 346 g/mol. The van der Waals surface area contributed by atoms with Crippen LogP contribution in [0.4, 0.5) is 10.2 Å². The van der Waals surface area contributed by atoms with E-state index in [9.17, 15) is 14.4 Å². The minimum Gasteiger partial charge on any atom is -0.358 e. The third kappa shape index (κ3) is 3.14. The fourth-order valence-electron chi connectivity index (χ4n) is 2.33. The standard InChI is InChI=1S/C16H13ClFN5O/c17-11-2-3-12(10(6-11)7-19)15-14(18)16(22-9-21-15)20-8-13(24)23-4-1-5-23/h2-3,6,9H,1,4-5,8H2,(H,20,21,22). The van der Waals surface area contributed by atoms with Crippen molar-refractivity contribution in [2.75, 3.05) is 25.0 Å². The second kappa shape index (κ2) is 6.81. The van der Waals surface area contributed by atoms with E-state index in [2.05, 4.69) is 15.3 Å². The van der Waals surface area contributed by atoms with Crippen LogP contribution in [0.25, 0.3) is 11.3 Å². The first-order chi connectivity index (χ1) is 11.6. The first-order valence-corrected chi connectivity index (χ1v) is 7.70. The molecule has 1 amide bonds. The number of hydrogen-bond donors (Lipinski definition) is 1.